The summed E-state index contributed by atoms with van der Waals surface area (Å²) in [5, 5.41) is 2.83. The number of carbonyl (C=O) groups is 2. The number of hydrogen-bond acceptors (Lipinski definition) is 6. The molecule has 0 atom stereocenters. The van der Waals surface area contributed by atoms with Crippen molar-refractivity contribution in [3.8, 4) is 5.88 Å². The molecule has 2 aromatic rings. The van der Waals surface area contributed by atoms with Crippen molar-refractivity contribution in [3.63, 3.8) is 0 Å². The van der Waals surface area contributed by atoms with Gasteiger partial charge in [0, 0.05) is 5.41 Å². The normalized spacial score (nSPS) is 11.7. The lowest BCUT2D eigenvalue weighted by Gasteiger charge is -2.30. The van der Waals surface area contributed by atoms with Gasteiger partial charge in [-0.25, -0.2) is 9.78 Å². The van der Waals surface area contributed by atoms with Crippen molar-refractivity contribution in [1.82, 2.24) is 10.3 Å². The Morgan fingerprint density at radius 1 is 1.00 bits per heavy atom. The number of esters is 1. The molecule has 1 aromatic carbocycles. The third-order valence-corrected chi connectivity index (χ3v) is 6.08. The number of carbonyl (C=O) groups excluding carboxylic acids is 2. The van der Waals surface area contributed by atoms with Crippen LogP contribution in [0.5, 0.6) is 5.88 Å². The summed E-state index contributed by atoms with van der Waals surface area (Å²) in [7, 11) is 0. The highest BCUT2D eigenvalue weighted by atomic mass is 79.9. The highest BCUT2D eigenvalue weighted by molar-refractivity contribution is 9.10. The Morgan fingerprint density at radius 3 is 2.29 bits per heavy atom. The topological polar surface area (TPSA) is 86.8 Å². The zero-order valence-electron chi connectivity index (χ0n) is 20.7. The van der Waals surface area contributed by atoms with Gasteiger partial charge in [-0.15, -0.1) is 0 Å². The van der Waals surface area contributed by atoms with E-state index in [1.807, 2.05) is 58.0 Å². The van der Waals surface area contributed by atoms with Gasteiger partial charge in [0.25, 0.3) is 5.91 Å². The zero-order valence-corrected chi connectivity index (χ0v) is 22.2. The molecule has 0 aliphatic carbocycles. The van der Waals surface area contributed by atoms with E-state index in [4.69, 9.17) is 14.2 Å². The first-order valence-corrected chi connectivity index (χ1v) is 12.4. The van der Waals surface area contributed by atoms with E-state index in [1.165, 1.54) is 0 Å². The smallest absolute Gasteiger partial charge is 0.331 e. The van der Waals surface area contributed by atoms with Crippen molar-refractivity contribution in [2.45, 2.75) is 59.6 Å². The molecule has 2 rings (SSSR count). The quantitative estimate of drug-likeness (QED) is 0.350. The molecule has 0 bridgehead atoms. The van der Waals surface area contributed by atoms with Crippen molar-refractivity contribution in [2.75, 3.05) is 19.8 Å². The minimum absolute atomic E-state index is 0.159. The third-order valence-electron chi connectivity index (χ3n) is 5.48. The van der Waals surface area contributed by atoms with Crippen LogP contribution in [0.15, 0.2) is 46.9 Å². The number of amides is 1. The molecule has 34 heavy (non-hydrogen) atoms. The van der Waals surface area contributed by atoms with Crippen LogP contribution in [0.2, 0.25) is 0 Å². The van der Waals surface area contributed by atoms with Gasteiger partial charge in [-0.3, -0.25) is 4.79 Å². The Kier molecular flexibility index (Phi) is 10.5. The Labute approximate surface area is 210 Å². The van der Waals surface area contributed by atoms with Gasteiger partial charge in [0.1, 0.15) is 11.2 Å². The number of nitrogens with zero attached hydrogens (tertiary/aromatic N) is 1. The number of aromatic nitrogens is 1. The summed E-state index contributed by atoms with van der Waals surface area (Å²) in [5.41, 5.74) is -0.106. The van der Waals surface area contributed by atoms with Gasteiger partial charge in [0.15, 0.2) is 0 Å². The summed E-state index contributed by atoms with van der Waals surface area (Å²) in [4.78, 5) is 29.8. The van der Waals surface area contributed by atoms with Crippen molar-refractivity contribution in [2.24, 2.45) is 5.41 Å². The SMILES string of the molecule is CCOC(=O)C(CC)(CC)NC(=O)c1ccc(Br)c(OCC(C)(C)COCc2ccccc2)n1. The van der Waals surface area contributed by atoms with Crippen LogP contribution in [0.1, 0.15) is 63.5 Å². The first-order valence-electron chi connectivity index (χ1n) is 11.6. The molecule has 0 unspecified atom stereocenters. The molecule has 1 aromatic heterocycles. The average Bonchev–Trinajstić information content (AvgIpc) is 2.82. The predicted molar refractivity (Wildman–Crippen MR) is 135 cm³/mol. The van der Waals surface area contributed by atoms with Gasteiger partial charge < -0.3 is 19.5 Å². The Morgan fingerprint density at radius 2 is 1.68 bits per heavy atom. The maximum Gasteiger partial charge on any atom is 0.331 e. The summed E-state index contributed by atoms with van der Waals surface area (Å²) >= 11 is 3.44. The molecule has 1 heterocycles. The molecule has 0 spiro atoms. The van der Waals surface area contributed by atoms with Gasteiger partial charge in [0.2, 0.25) is 5.88 Å². The molecule has 0 aliphatic rings. The fourth-order valence-electron chi connectivity index (χ4n) is 3.29. The molecule has 0 saturated heterocycles. The summed E-state index contributed by atoms with van der Waals surface area (Å²) in [5.74, 6) is -0.600. The second-order valence-electron chi connectivity index (χ2n) is 8.88. The molecule has 0 saturated carbocycles. The lowest BCUT2D eigenvalue weighted by atomic mass is 9.92. The number of halogens is 1. The molecular formula is C26H35BrN2O5. The number of rotatable bonds is 13. The van der Waals surface area contributed by atoms with Crippen LogP contribution in [0, 0.1) is 5.41 Å². The number of pyridine rings is 1. The second-order valence-corrected chi connectivity index (χ2v) is 9.73. The second kappa shape index (κ2) is 12.9. The summed E-state index contributed by atoms with van der Waals surface area (Å²) in [6, 6.07) is 13.3. The van der Waals surface area contributed by atoms with Gasteiger partial charge in [-0.1, -0.05) is 58.0 Å². The van der Waals surface area contributed by atoms with Gasteiger partial charge >= 0.3 is 5.97 Å². The van der Waals surface area contributed by atoms with Gasteiger partial charge in [-0.2, -0.15) is 0 Å². The maximum absolute atomic E-state index is 13.0. The Balaban J connectivity index is 2.03. The Hall–Kier alpha value is -2.45. The third kappa shape index (κ3) is 7.81. The number of nitrogens with one attached hydrogen (secondary N) is 1. The largest absolute Gasteiger partial charge is 0.476 e. The first-order chi connectivity index (χ1) is 16.2. The molecular weight excluding hydrogens is 500 g/mol. The molecule has 0 radical (unpaired) electrons. The van der Waals surface area contributed by atoms with E-state index in [9.17, 15) is 9.59 Å². The number of hydrogen-bond donors (Lipinski definition) is 1. The lowest BCUT2D eigenvalue weighted by Crippen LogP contribution is -2.54. The van der Waals surface area contributed by atoms with Gasteiger partial charge in [-0.05, 0) is 53.4 Å². The van der Waals surface area contributed by atoms with Crippen molar-refractivity contribution in [3.05, 3.63) is 58.2 Å². The molecule has 1 amide bonds. The molecule has 1 N–H and O–H groups in total. The summed E-state index contributed by atoms with van der Waals surface area (Å²) in [6.45, 7) is 11.1. The van der Waals surface area contributed by atoms with E-state index in [0.717, 1.165) is 5.56 Å². The molecule has 7 nitrogen and oxygen atoms in total. The molecule has 0 fully saturated rings. The van der Waals surface area contributed by atoms with E-state index in [2.05, 4.69) is 26.2 Å². The monoisotopic (exact) mass is 534 g/mol. The zero-order chi connectivity index (χ0) is 25.2. The fraction of sp³-hybridized carbons (Fsp3) is 0.500. The van der Waals surface area contributed by atoms with Crippen LogP contribution in [-0.4, -0.2) is 42.2 Å². The van der Waals surface area contributed by atoms with E-state index >= 15 is 0 Å². The van der Waals surface area contributed by atoms with Crippen molar-refractivity contribution in [1.29, 1.82) is 0 Å². The van der Waals surface area contributed by atoms with Crippen LogP contribution in [0.25, 0.3) is 0 Å². The highest BCUT2D eigenvalue weighted by Crippen LogP contribution is 2.26. The maximum atomic E-state index is 13.0. The van der Waals surface area contributed by atoms with Gasteiger partial charge in [0.05, 0.1) is 30.9 Å². The standard InChI is InChI=1S/C26H35BrN2O5/c1-6-26(7-2,24(31)33-8-3)29-22(30)21-15-14-20(27)23(28-21)34-18-25(4,5)17-32-16-19-12-10-9-11-13-19/h9-15H,6-8,16-18H2,1-5H3,(H,29,30). The summed E-state index contributed by atoms with van der Waals surface area (Å²) < 4.78 is 17.6. The number of benzene rings is 1. The molecule has 0 aliphatic heterocycles. The van der Waals surface area contributed by atoms with Crippen LogP contribution < -0.4 is 10.1 Å². The van der Waals surface area contributed by atoms with Crippen LogP contribution >= 0.6 is 15.9 Å². The van der Waals surface area contributed by atoms with E-state index in [-0.39, 0.29) is 17.7 Å². The van der Waals surface area contributed by atoms with E-state index in [1.54, 1.807) is 19.1 Å². The van der Waals surface area contributed by atoms with Crippen molar-refractivity contribution >= 4 is 27.8 Å². The Bertz CT molecular complexity index is 945. The van der Waals surface area contributed by atoms with Crippen LogP contribution in [-0.2, 0) is 20.9 Å². The molecule has 186 valence electrons. The average molecular weight is 535 g/mol. The molecule has 8 heteroatoms. The predicted octanol–water partition coefficient (Wildman–Crippen LogP) is 5.32. The number of ether oxygens (including phenoxy) is 3. The van der Waals surface area contributed by atoms with Crippen LogP contribution in [0.4, 0.5) is 0 Å². The van der Waals surface area contributed by atoms with Crippen LogP contribution in [0.3, 0.4) is 0 Å². The van der Waals surface area contributed by atoms with E-state index in [0.29, 0.717) is 43.0 Å². The highest BCUT2D eigenvalue weighted by Gasteiger charge is 2.38. The minimum Gasteiger partial charge on any atom is -0.476 e. The van der Waals surface area contributed by atoms with Crippen molar-refractivity contribution < 1.29 is 23.8 Å². The fourth-order valence-corrected chi connectivity index (χ4v) is 3.63. The summed E-state index contributed by atoms with van der Waals surface area (Å²) in [6.07, 6.45) is 0.816. The lowest BCUT2D eigenvalue weighted by molar-refractivity contribution is -0.151. The minimum atomic E-state index is -1.10. The first kappa shape index (κ1) is 27.8. The van der Waals surface area contributed by atoms with E-state index < -0.39 is 17.4 Å².